The van der Waals surface area contributed by atoms with Crippen LogP contribution in [0.1, 0.15) is 5.56 Å². The second-order valence-corrected chi connectivity index (χ2v) is 3.70. The molecule has 0 unspecified atom stereocenters. The normalized spacial score (nSPS) is 10.6. The summed E-state index contributed by atoms with van der Waals surface area (Å²) in [4.78, 5) is 9.98. The van der Waals surface area contributed by atoms with Gasteiger partial charge in [0.25, 0.3) is 5.69 Å². The Morgan fingerprint density at radius 2 is 1.84 bits per heavy atom. The van der Waals surface area contributed by atoms with E-state index < -0.39 is 4.92 Å². The number of nitrogens with zero attached hydrogens (tertiary/aromatic N) is 2. The lowest BCUT2D eigenvalue weighted by Gasteiger charge is -1.99. The van der Waals surface area contributed by atoms with Gasteiger partial charge in [-0.25, -0.2) is 4.39 Å². The van der Waals surface area contributed by atoms with Crippen LogP contribution in [0.4, 0.5) is 15.8 Å². The predicted molar refractivity (Wildman–Crippen MR) is 70.7 cm³/mol. The van der Waals surface area contributed by atoms with Gasteiger partial charge in [-0.2, -0.15) is 5.10 Å². The molecule has 2 rings (SSSR count). The van der Waals surface area contributed by atoms with Crippen molar-refractivity contribution >= 4 is 17.6 Å². The minimum atomic E-state index is -0.480. The number of anilines is 1. The quantitative estimate of drug-likeness (QED) is 0.521. The van der Waals surface area contributed by atoms with E-state index in [4.69, 9.17) is 0 Å². The highest BCUT2D eigenvalue weighted by Crippen LogP contribution is 2.15. The number of nitrogens with one attached hydrogen (secondary N) is 1. The molecule has 0 aliphatic heterocycles. The maximum absolute atomic E-state index is 13.3. The zero-order chi connectivity index (χ0) is 13.7. The van der Waals surface area contributed by atoms with Gasteiger partial charge in [0.1, 0.15) is 5.82 Å². The smallest absolute Gasteiger partial charge is 0.269 e. The van der Waals surface area contributed by atoms with Crippen LogP contribution in [-0.4, -0.2) is 11.1 Å². The maximum atomic E-state index is 13.3. The van der Waals surface area contributed by atoms with Gasteiger partial charge in [-0.1, -0.05) is 18.2 Å². The van der Waals surface area contributed by atoms with Crippen LogP contribution in [0, 0.1) is 15.9 Å². The van der Waals surface area contributed by atoms with Gasteiger partial charge in [0, 0.05) is 17.7 Å². The van der Waals surface area contributed by atoms with Gasteiger partial charge in [-0.05, 0) is 18.2 Å². The van der Waals surface area contributed by atoms with Gasteiger partial charge in [-0.15, -0.1) is 0 Å². The van der Waals surface area contributed by atoms with Crippen molar-refractivity contribution in [1.82, 2.24) is 0 Å². The average molecular weight is 259 g/mol. The summed E-state index contributed by atoms with van der Waals surface area (Å²) in [7, 11) is 0. The van der Waals surface area contributed by atoms with E-state index in [9.17, 15) is 14.5 Å². The summed E-state index contributed by atoms with van der Waals surface area (Å²) in [6.45, 7) is 0. The Hall–Kier alpha value is -2.76. The third-order valence-electron chi connectivity index (χ3n) is 2.38. The Balaban J connectivity index is 2.03. The number of benzene rings is 2. The number of non-ortho nitro benzene ring substituents is 1. The molecule has 0 amide bonds. The van der Waals surface area contributed by atoms with E-state index in [-0.39, 0.29) is 11.5 Å². The van der Waals surface area contributed by atoms with Crippen molar-refractivity contribution in [2.45, 2.75) is 0 Å². The fraction of sp³-hybridized carbons (Fsp3) is 0. The molecule has 2 aromatic rings. The van der Waals surface area contributed by atoms with Gasteiger partial charge in [0.15, 0.2) is 0 Å². The Morgan fingerprint density at radius 3 is 2.47 bits per heavy atom. The van der Waals surface area contributed by atoms with Crippen molar-refractivity contribution < 1.29 is 9.31 Å². The lowest BCUT2D eigenvalue weighted by molar-refractivity contribution is -0.384. The van der Waals surface area contributed by atoms with E-state index in [1.807, 2.05) is 0 Å². The molecule has 0 aromatic heterocycles. The van der Waals surface area contributed by atoms with E-state index in [2.05, 4.69) is 10.5 Å². The van der Waals surface area contributed by atoms with Crippen LogP contribution in [0.3, 0.4) is 0 Å². The third kappa shape index (κ3) is 3.35. The highest BCUT2D eigenvalue weighted by molar-refractivity contribution is 5.80. The van der Waals surface area contributed by atoms with Crippen molar-refractivity contribution in [3.8, 4) is 0 Å². The molecule has 0 spiro atoms. The van der Waals surface area contributed by atoms with E-state index in [1.165, 1.54) is 36.5 Å². The Labute approximate surface area is 108 Å². The van der Waals surface area contributed by atoms with Gasteiger partial charge in [0.05, 0.1) is 16.8 Å². The van der Waals surface area contributed by atoms with Crippen LogP contribution in [0.2, 0.25) is 0 Å². The number of hydrogen-bond donors (Lipinski definition) is 1. The van der Waals surface area contributed by atoms with Crippen LogP contribution in [0.15, 0.2) is 53.6 Å². The molecular weight excluding hydrogens is 249 g/mol. The van der Waals surface area contributed by atoms with Crippen LogP contribution in [0.25, 0.3) is 0 Å². The van der Waals surface area contributed by atoms with E-state index >= 15 is 0 Å². The zero-order valence-corrected chi connectivity index (χ0v) is 9.79. The largest absolute Gasteiger partial charge is 0.278 e. The molecule has 0 saturated heterocycles. The molecule has 0 heterocycles. The molecule has 0 radical (unpaired) electrons. The molecule has 0 saturated carbocycles. The molecular formula is C13H10FN3O2. The summed E-state index contributed by atoms with van der Waals surface area (Å²) < 4.78 is 13.3. The standard InChI is InChI=1S/C13H10FN3O2/c14-13-4-2-1-3-10(13)9-15-16-11-5-7-12(8-6-11)17(18)19/h1-9,16H/b15-9-. The first-order valence-corrected chi connectivity index (χ1v) is 5.45. The highest BCUT2D eigenvalue weighted by Gasteiger charge is 2.02. The fourth-order valence-electron chi connectivity index (χ4n) is 1.41. The molecule has 5 nitrogen and oxygen atoms in total. The summed E-state index contributed by atoms with van der Waals surface area (Å²) in [5, 5.41) is 14.3. The number of nitro benzene ring substituents is 1. The monoisotopic (exact) mass is 259 g/mol. The number of rotatable bonds is 4. The summed E-state index contributed by atoms with van der Waals surface area (Å²) in [5.41, 5.74) is 3.61. The SMILES string of the molecule is O=[N+]([O-])c1ccc(N/N=C\c2ccccc2F)cc1. The number of hydrogen-bond acceptors (Lipinski definition) is 4. The van der Waals surface area contributed by atoms with E-state index in [0.717, 1.165) is 0 Å². The Kier molecular flexibility index (Phi) is 3.82. The molecule has 6 heteroatoms. The van der Waals surface area contributed by atoms with Gasteiger partial charge in [-0.3, -0.25) is 15.5 Å². The first-order chi connectivity index (χ1) is 9.16. The predicted octanol–water partition coefficient (Wildman–Crippen LogP) is 3.18. The summed E-state index contributed by atoms with van der Waals surface area (Å²) in [5.74, 6) is -0.364. The van der Waals surface area contributed by atoms with Crippen molar-refractivity contribution in [2.75, 3.05) is 5.43 Å². The van der Waals surface area contributed by atoms with E-state index in [0.29, 0.717) is 11.3 Å². The third-order valence-corrected chi connectivity index (χ3v) is 2.38. The van der Waals surface area contributed by atoms with Gasteiger partial charge in [0.2, 0.25) is 0 Å². The first kappa shape index (κ1) is 12.7. The summed E-state index contributed by atoms with van der Waals surface area (Å²) in [6.07, 6.45) is 1.34. The molecule has 0 atom stereocenters. The minimum absolute atomic E-state index is 0.00336. The Morgan fingerprint density at radius 1 is 1.16 bits per heavy atom. The molecule has 2 aromatic carbocycles. The molecule has 19 heavy (non-hydrogen) atoms. The average Bonchev–Trinajstić information content (AvgIpc) is 2.41. The van der Waals surface area contributed by atoms with E-state index in [1.54, 1.807) is 18.2 Å². The van der Waals surface area contributed by atoms with Crippen LogP contribution in [-0.2, 0) is 0 Å². The summed E-state index contributed by atoms with van der Waals surface area (Å²) >= 11 is 0. The van der Waals surface area contributed by atoms with Gasteiger partial charge < -0.3 is 0 Å². The highest BCUT2D eigenvalue weighted by atomic mass is 19.1. The van der Waals surface area contributed by atoms with Crippen LogP contribution < -0.4 is 5.43 Å². The molecule has 0 aliphatic rings. The summed E-state index contributed by atoms with van der Waals surface area (Å²) in [6, 6.07) is 12.0. The van der Waals surface area contributed by atoms with Crippen molar-refractivity contribution in [2.24, 2.45) is 5.10 Å². The number of nitro groups is 1. The Bertz CT molecular complexity index is 612. The van der Waals surface area contributed by atoms with Gasteiger partial charge >= 0.3 is 0 Å². The number of halogens is 1. The van der Waals surface area contributed by atoms with Crippen molar-refractivity contribution in [3.05, 3.63) is 70.0 Å². The number of hydrazone groups is 1. The molecule has 1 N–H and O–H groups in total. The van der Waals surface area contributed by atoms with Crippen molar-refractivity contribution in [1.29, 1.82) is 0 Å². The van der Waals surface area contributed by atoms with Crippen LogP contribution >= 0.6 is 0 Å². The zero-order valence-electron chi connectivity index (χ0n) is 9.79. The van der Waals surface area contributed by atoms with Crippen LogP contribution in [0.5, 0.6) is 0 Å². The topological polar surface area (TPSA) is 67.5 Å². The van der Waals surface area contributed by atoms with Crippen molar-refractivity contribution in [3.63, 3.8) is 0 Å². The molecule has 0 fully saturated rings. The molecule has 0 aliphatic carbocycles. The second kappa shape index (κ2) is 5.72. The first-order valence-electron chi connectivity index (χ1n) is 5.45. The molecule has 0 bridgehead atoms. The molecule has 96 valence electrons. The lowest BCUT2D eigenvalue weighted by Crippen LogP contribution is -1.93. The lowest BCUT2D eigenvalue weighted by atomic mass is 10.2. The minimum Gasteiger partial charge on any atom is -0.278 e. The second-order valence-electron chi connectivity index (χ2n) is 3.70. The fourth-order valence-corrected chi connectivity index (χ4v) is 1.41. The maximum Gasteiger partial charge on any atom is 0.269 e.